The molecule has 2 rings (SSSR count). The molecule has 0 atom stereocenters. The van der Waals surface area contributed by atoms with Crippen LogP contribution in [0.1, 0.15) is 36.2 Å². The van der Waals surface area contributed by atoms with Gasteiger partial charge in [0.15, 0.2) is 5.75 Å². The Labute approximate surface area is 129 Å². The highest BCUT2D eigenvalue weighted by Gasteiger charge is 2.21. The number of aliphatic hydroxyl groups excluding tert-OH is 1. The molecule has 2 aromatic rings. The van der Waals surface area contributed by atoms with Crippen LogP contribution in [-0.4, -0.2) is 20.0 Å². The second kappa shape index (κ2) is 6.32. The van der Waals surface area contributed by atoms with E-state index >= 15 is 0 Å². The molecule has 1 aromatic carbocycles. The van der Waals surface area contributed by atoms with Gasteiger partial charge < -0.3 is 10.2 Å². The number of aryl methyl sites for hydroxylation is 4. The number of hydrogen-bond acceptors (Lipinski definition) is 4. The van der Waals surface area contributed by atoms with E-state index in [0.717, 1.165) is 35.1 Å². The van der Waals surface area contributed by atoms with Gasteiger partial charge >= 0.3 is 0 Å². The molecule has 118 valence electrons. The summed E-state index contributed by atoms with van der Waals surface area (Å²) >= 11 is 0. The van der Waals surface area contributed by atoms with Gasteiger partial charge in [-0.05, 0) is 36.5 Å². The predicted octanol–water partition coefficient (Wildman–Crippen LogP) is 2.08. The number of nitrogens with zero attached hydrogens (tertiary/aromatic N) is 2. The van der Waals surface area contributed by atoms with E-state index in [1.54, 1.807) is 0 Å². The van der Waals surface area contributed by atoms with E-state index in [9.17, 15) is 15.0 Å². The maximum atomic E-state index is 12.5. The van der Waals surface area contributed by atoms with E-state index < -0.39 is 6.61 Å². The molecule has 5 heteroatoms. The van der Waals surface area contributed by atoms with Crippen LogP contribution in [0.2, 0.25) is 0 Å². The molecule has 0 unspecified atom stereocenters. The summed E-state index contributed by atoms with van der Waals surface area (Å²) in [6.45, 7) is 5.65. The first-order valence-corrected chi connectivity index (χ1v) is 7.47. The summed E-state index contributed by atoms with van der Waals surface area (Å²) < 4.78 is 1.17. The van der Waals surface area contributed by atoms with E-state index in [0.29, 0.717) is 0 Å². The number of benzene rings is 1. The minimum atomic E-state index is -0.415. The molecule has 0 saturated carbocycles. The van der Waals surface area contributed by atoms with Crippen molar-refractivity contribution in [1.82, 2.24) is 9.78 Å². The molecule has 0 fully saturated rings. The first kappa shape index (κ1) is 16.2. The monoisotopic (exact) mass is 302 g/mol. The van der Waals surface area contributed by atoms with Gasteiger partial charge in [0.2, 0.25) is 0 Å². The zero-order chi connectivity index (χ0) is 16.4. The summed E-state index contributed by atoms with van der Waals surface area (Å²) in [5, 5.41) is 23.7. The highest BCUT2D eigenvalue weighted by Crippen LogP contribution is 2.34. The van der Waals surface area contributed by atoms with Gasteiger partial charge in [0.05, 0.1) is 12.2 Å². The molecule has 0 aliphatic carbocycles. The fourth-order valence-electron chi connectivity index (χ4n) is 2.83. The third-order valence-corrected chi connectivity index (χ3v) is 3.90. The van der Waals surface area contributed by atoms with Crippen molar-refractivity contribution >= 4 is 0 Å². The number of rotatable bonds is 4. The van der Waals surface area contributed by atoms with Crippen molar-refractivity contribution in [2.24, 2.45) is 7.05 Å². The Bertz CT molecular complexity index is 738. The number of aromatic hydroxyl groups is 1. The summed E-state index contributed by atoms with van der Waals surface area (Å²) in [6, 6.07) is 4.07. The Morgan fingerprint density at radius 1 is 1.14 bits per heavy atom. The zero-order valence-electron chi connectivity index (χ0n) is 13.5. The van der Waals surface area contributed by atoms with E-state index in [4.69, 9.17) is 0 Å². The van der Waals surface area contributed by atoms with Crippen molar-refractivity contribution in [2.75, 3.05) is 0 Å². The maximum absolute atomic E-state index is 12.5. The maximum Gasteiger partial charge on any atom is 0.278 e. The first-order valence-electron chi connectivity index (χ1n) is 7.47. The molecule has 0 aliphatic heterocycles. The molecule has 0 spiro atoms. The summed E-state index contributed by atoms with van der Waals surface area (Å²) in [5.41, 5.74) is 3.91. The van der Waals surface area contributed by atoms with Gasteiger partial charge in [0.25, 0.3) is 5.56 Å². The highest BCUT2D eigenvalue weighted by molar-refractivity contribution is 5.76. The Morgan fingerprint density at radius 2 is 1.68 bits per heavy atom. The van der Waals surface area contributed by atoms with Gasteiger partial charge in [0, 0.05) is 7.05 Å². The minimum Gasteiger partial charge on any atom is -0.505 e. The van der Waals surface area contributed by atoms with Crippen LogP contribution in [0, 0.1) is 6.92 Å². The van der Waals surface area contributed by atoms with Crippen LogP contribution in [0.25, 0.3) is 11.1 Å². The highest BCUT2D eigenvalue weighted by atomic mass is 16.3. The quantitative estimate of drug-likeness (QED) is 0.906. The largest absolute Gasteiger partial charge is 0.505 e. The van der Waals surface area contributed by atoms with Crippen molar-refractivity contribution in [1.29, 1.82) is 0 Å². The van der Waals surface area contributed by atoms with Crippen LogP contribution >= 0.6 is 0 Å². The Hall–Kier alpha value is -2.14. The van der Waals surface area contributed by atoms with E-state index in [-0.39, 0.29) is 22.6 Å². The van der Waals surface area contributed by atoms with Crippen LogP contribution < -0.4 is 5.56 Å². The Morgan fingerprint density at radius 3 is 2.14 bits per heavy atom. The lowest BCUT2D eigenvalue weighted by Gasteiger charge is -2.17. The van der Waals surface area contributed by atoms with Crippen LogP contribution in [0.15, 0.2) is 16.9 Å². The predicted molar refractivity (Wildman–Crippen MR) is 86.0 cm³/mol. The second-order valence-corrected chi connectivity index (χ2v) is 5.42. The molecule has 0 bridgehead atoms. The van der Waals surface area contributed by atoms with Crippen molar-refractivity contribution in [3.63, 3.8) is 0 Å². The molecule has 1 heterocycles. The molecular weight excluding hydrogens is 280 g/mol. The summed E-state index contributed by atoms with van der Waals surface area (Å²) in [5.74, 6) is -0.223. The molecular formula is C17H22N2O3. The standard InChI is InChI=1S/C17H22N2O3/c1-5-11-7-10(3)8-12(6-2)14(11)15-16(21)13(9-20)18-19(4)17(15)22/h7-8,20-21H,5-6,9H2,1-4H3. The average molecular weight is 302 g/mol. The van der Waals surface area contributed by atoms with Crippen molar-refractivity contribution in [2.45, 2.75) is 40.2 Å². The normalized spacial score (nSPS) is 11.0. The Balaban J connectivity index is 2.94. The van der Waals surface area contributed by atoms with Crippen molar-refractivity contribution in [3.05, 3.63) is 44.9 Å². The van der Waals surface area contributed by atoms with Crippen molar-refractivity contribution < 1.29 is 10.2 Å². The van der Waals surface area contributed by atoms with Crippen LogP contribution in [0.4, 0.5) is 0 Å². The Kier molecular flexibility index (Phi) is 4.66. The third kappa shape index (κ3) is 2.64. The smallest absolute Gasteiger partial charge is 0.278 e. The van der Waals surface area contributed by atoms with Gasteiger partial charge in [-0.15, -0.1) is 0 Å². The molecule has 1 aromatic heterocycles. The SMILES string of the molecule is CCc1cc(C)cc(CC)c1-c1c(O)c(CO)nn(C)c1=O. The average Bonchev–Trinajstić information content (AvgIpc) is 2.51. The van der Waals surface area contributed by atoms with Gasteiger partial charge in [0.1, 0.15) is 5.69 Å². The van der Waals surface area contributed by atoms with Crippen LogP contribution in [-0.2, 0) is 26.5 Å². The lowest BCUT2D eigenvalue weighted by atomic mass is 9.90. The van der Waals surface area contributed by atoms with Gasteiger partial charge in [-0.3, -0.25) is 4.79 Å². The molecule has 0 amide bonds. The molecule has 0 saturated heterocycles. The van der Waals surface area contributed by atoms with E-state index in [1.165, 1.54) is 11.7 Å². The van der Waals surface area contributed by atoms with Gasteiger partial charge in [-0.2, -0.15) is 5.10 Å². The summed E-state index contributed by atoms with van der Waals surface area (Å²) in [7, 11) is 1.52. The zero-order valence-corrected chi connectivity index (χ0v) is 13.5. The van der Waals surface area contributed by atoms with E-state index in [2.05, 4.69) is 5.10 Å². The van der Waals surface area contributed by atoms with Crippen molar-refractivity contribution in [3.8, 4) is 16.9 Å². The molecule has 2 N–H and O–H groups in total. The molecule has 0 radical (unpaired) electrons. The molecule has 5 nitrogen and oxygen atoms in total. The third-order valence-electron chi connectivity index (χ3n) is 3.90. The fraction of sp³-hybridized carbons (Fsp3) is 0.412. The van der Waals surface area contributed by atoms with Crippen LogP contribution in [0.3, 0.4) is 0 Å². The van der Waals surface area contributed by atoms with Crippen LogP contribution in [0.5, 0.6) is 5.75 Å². The summed E-state index contributed by atoms with van der Waals surface area (Å²) in [4.78, 5) is 12.5. The minimum absolute atomic E-state index is 0.113. The lowest BCUT2D eigenvalue weighted by molar-refractivity contribution is 0.266. The van der Waals surface area contributed by atoms with E-state index in [1.807, 2.05) is 32.9 Å². The van der Waals surface area contributed by atoms with Gasteiger partial charge in [-0.25, -0.2) is 4.68 Å². The number of hydrogen-bond donors (Lipinski definition) is 2. The fourth-order valence-corrected chi connectivity index (χ4v) is 2.83. The number of aromatic nitrogens is 2. The molecule has 0 aliphatic rings. The molecule has 22 heavy (non-hydrogen) atoms. The summed E-state index contributed by atoms with van der Waals surface area (Å²) in [6.07, 6.45) is 1.51. The lowest BCUT2D eigenvalue weighted by Crippen LogP contribution is -2.24. The number of aliphatic hydroxyl groups is 1. The second-order valence-electron chi connectivity index (χ2n) is 5.42. The first-order chi connectivity index (χ1) is 10.4. The van der Waals surface area contributed by atoms with Gasteiger partial charge in [-0.1, -0.05) is 31.5 Å². The topological polar surface area (TPSA) is 75.3 Å².